The van der Waals surface area contributed by atoms with Crippen molar-refractivity contribution < 1.29 is 9.21 Å². The third kappa shape index (κ3) is 1.74. The fourth-order valence-corrected chi connectivity index (χ4v) is 2.94. The maximum atomic E-state index is 11.5. The lowest BCUT2D eigenvalue weighted by Crippen LogP contribution is -2.18. The van der Waals surface area contributed by atoms with Gasteiger partial charge in [0.1, 0.15) is 0 Å². The largest absolute Gasteiger partial charge is 0.419 e. The Morgan fingerprint density at radius 1 is 1.37 bits per heavy atom. The fourth-order valence-electron chi connectivity index (χ4n) is 2.94. The van der Waals surface area contributed by atoms with Crippen LogP contribution in [0.25, 0.3) is 11.1 Å². The monoisotopic (exact) mass is 258 g/mol. The van der Waals surface area contributed by atoms with Gasteiger partial charge in [0.05, 0.1) is 11.1 Å². The Morgan fingerprint density at radius 3 is 2.79 bits per heavy atom. The molecule has 0 N–H and O–H groups in total. The standard InChI is InChI=1S/C14H14N2O3/c1-16-11-5-4-10(8-12(11)19-13(16)18)14(15-9-17)6-2-3-7-14/h4-5,8H,2-3,6-7H2,1H3. The van der Waals surface area contributed by atoms with Crippen molar-refractivity contribution in [2.45, 2.75) is 31.2 Å². The lowest BCUT2D eigenvalue weighted by atomic mass is 9.89. The molecule has 0 unspecified atom stereocenters. The zero-order chi connectivity index (χ0) is 13.5. The zero-order valence-electron chi connectivity index (χ0n) is 10.7. The zero-order valence-corrected chi connectivity index (χ0v) is 10.7. The van der Waals surface area contributed by atoms with Crippen LogP contribution in [0.2, 0.25) is 0 Å². The third-order valence-corrected chi connectivity index (χ3v) is 4.02. The molecule has 0 saturated heterocycles. The van der Waals surface area contributed by atoms with Crippen molar-refractivity contribution >= 4 is 17.2 Å². The molecule has 1 fully saturated rings. The molecule has 1 aromatic carbocycles. The predicted octanol–water partition coefficient (Wildman–Crippen LogP) is 2.24. The quantitative estimate of drug-likeness (QED) is 0.613. The summed E-state index contributed by atoms with van der Waals surface area (Å²) >= 11 is 0. The van der Waals surface area contributed by atoms with Gasteiger partial charge in [0.15, 0.2) is 5.58 Å². The first-order valence-corrected chi connectivity index (χ1v) is 6.35. The predicted molar refractivity (Wildman–Crippen MR) is 69.7 cm³/mol. The normalized spacial score (nSPS) is 17.5. The van der Waals surface area contributed by atoms with E-state index in [2.05, 4.69) is 4.99 Å². The molecule has 0 atom stereocenters. The maximum absolute atomic E-state index is 11.5. The highest BCUT2D eigenvalue weighted by atomic mass is 16.4. The number of isocyanates is 1. The number of aliphatic imine (C=N–C) groups is 1. The van der Waals surface area contributed by atoms with E-state index >= 15 is 0 Å². The minimum absolute atomic E-state index is 0.383. The molecular formula is C14H14N2O3. The van der Waals surface area contributed by atoms with Gasteiger partial charge in [0, 0.05) is 7.05 Å². The van der Waals surface area contributed by atoms with Crippen LogP contribution in [0.4, 0.5) is 0 Å². The number of rotatable bonds is 2. The maximum Gasteiger partial charge on any atom is 0.419 e. The summed E-state index contributed by atoms with van der Waals surface area (Å²) in [5, 5.41) is 0. The van der Waals surface area contributed by atoms with Crippen molar-refractivity contribution in [3.05, 3.63) is 34.3 Å². The average Bonchev–Trinajstić information content (AvgIpc) is 2.97. The highest BCUT2D eigenvalue weighted by Crippen LogP contribution is 2.42. The van der Waals surface area contributed by atoms with Crippen molar-refractivity contribution in [3.63, 3.8) is 0 Å². The summed E-state index contributed by atoms with van der Waals surface area (Å²) in [5.41, 5.74) is 1.73. The third-order valence-electron chi connectivity index (χ3n) is 4.02. The van der Waals surface area contributed by atoms with Gasteiger partial charge in [-0.3, -0.25) is 4.57 Å². The van der Waals surface area contributed by atoms with E-state index < -0.39 is 5.54 Å². The van der Waals surface area contributed by atoms with E-state index in [9.17, 15) is 9.59 Å². The van der Waals surface area contributed by atoms with Crippen molar-refractivity contribution in [1.29, 1.82) is 0 Å². The summed E-state index contributed by atoms with van der Waals surface area (Å²) < 4.78 is 6.65. The first-order chi connectivity index (χ1) is 9.16. The van der Waals surface area contributed by atoms with Crippen LogP contribution in [0.1, 0.15) is 31.2 Å². The summed E-state index contributed by atoms with van der Waals surface area (Å²) in [4.78, 5) is 26.2. The second-order valence-corrected chi connectivity index (χ2v) is 5.05. The van der Waals surface area contributed by atoms with E-state index in [1.54, 1.807) is 13.1 Å². The lowest BCUT2D eigenvalue weighted by Gasteiger charge is -2.22. The van der Waals surface area contributed by atoms with Gasteiger partial charge in [-0.1, -0.05) is 18.9 Å². The van der Waals surface area contributed by atoms with Crippen molar-refractivity contribution in [2.75, 3.05) is 0 Å². The summed E-state index contributed by atoms with van der Waals surface area (Å²) in [5.74, 6) is -0.383. The van der Waals surface area contributed by atoms with Crippen LogP contribution >= 0.6 is 0 Å². The molecule has 1 heterocycles. The summed E-state index contributed by atoms with van der Waals surface area (Å²) in [6.07, 6.45) is 5.45. The van der Waals surface area contributed by atoms with Crippen LogP contribution in [-0.2, 0) is 17.4 Å². The van der Waals surface area contributed by atoms with E-state index in [0.29, 0.717) is 5.58 Å². The Kier molecular flexibility index (Phi) is 2.64. The Labute approximate surface area is 109 Å². The Balaban J connectivity index is 2.19. The van der Waals surface area contributed by atoms with Crippen molar-refractivity contribution in [1.82, 2.24) is 4.57 Å². The Bertz CT molecular complexity index is 729. The molecule has 3 rings (SSSR count). The van der Waals surface area contributed by atoms with Crippen LogP contribution in [0.5, 0.6) is 0 Å². The van der Waals surface area contributed by atoms with Gasteiger partial charge in [0.25, 0.3) is 0 Å². The van der Waals surface area contributed by atoms with Crippen LogP contribution in [0.3, 0.4) is 0 Å². The SMILES string of the molecule is Cn1c(=O)oc2cc(C3(N=C=O)CCCC3)ccc21. The molecule has 5 nitrogen and oxygen atoms in total. The van der Waals surface area contributed by atoms with E-state index in [4.69, 9.17) is 4.42 Å². The molecule has 1 saturated carbocycles. The smallest absolute Gasteiger partial charge is 0.408 e. The van der Waals surface area contributed by atoms with E-state index in [1.165, 1.54) is 4.57 Å². The molecule has 1 aromatic heterocycles. The summed E-state index contributed by atoms with van der Waals surface area (Å²) in [6.45, 7) is 0. The number of aromatic nitrogens is 1. The van der Waals surface area contributed by atoms with Crippen LogP contribution in [0, 0.1) is 0 Å². The number of benzene rings is 1. The van der Waals surface area contributed by atoms with Crippen LogP contribution in [0.15, 0.2) is 32.4 Å². The fraction of sp³-hybridized carbons (Fsp3) is 0.429. The molecule has 1 aliphatic carbocycles. The van der Waals surface area contributed by atoms with Gasteiger partial charge in [-0.05, 0) is 30.5 Å². The summed E-state index contributed by atoms with van der Waals surface area (Å²) in [6, 6.07) is 5.59. The van der Waals surface area contributed by atoms with Gasteiger partial charge < -0.3 is 4.42 Å². The van der Waals surface area contributed by atoms with E-state index in [-0.39, 0.29) is 5.76 Å². The highest BCUT2D eigenvalue weighted by molar-refractivity contribution is 5.74. The molecule has 5 heteroatoms. The molecule has 0 amide bonds. The van der Waals surface area contributed by atoms with Crippen molar-refractivity contribution in [3.8, 4) is 0 Å². The number of hydrogen-bond acceptors (Lipinski definition) is 4. The molecule has 2 aromatic rings. The number of nitrogens with zero attached hydrogens (tertiary/aromatic N) is 2. The molecular weight excluding hydrogens is 244 g/mol. The number of aryl methyl sites for hydroxylation is 1. The minimum atomic E-state index is -0.482. The first-order valence-electron chi connectivity index (χ1n) is 6.35. The second kappa shape index (κ2) is 4.21. The van der Waals surface area contributed by atoms with Gasteiger partial charge in [0.2, 0.25) is 6.08 Å². The molecule has 98 valence electrons. The second-order valence-electron chi connectivity index (χ2n) is 5.05. The lowest BCUT2D eigenvalue weighted by molar-refractivity contribution is 0.455. The molecule has 19 heavy (non-hydrogen) atoms. The topological polar surface area (TPSA) is 64.6 Å². The molecule has 0 radical (unpaired) electrons. The van der Waals surface area contributed by atoms with Crippen molar-refractivity contribution in [2.24, 2.45) is 12.0 Å². The molecule has 0 spiro atoms. The average molecular weight is 258 g/mol. The van der Waals surface area contributed by atoms with Gasteiger partial charge in [-0.2, -0.15) is 4.99 Å². The summed E-state index contributed by atoms with van der Waals surface area (Å²) in [7, 11) is 1.67. The number of carbonyl (C=O) groups excluding carboxylic acids is 1. The first kappa shape index (κ1) is 11.9. The van der Waals surface area contributed by atoms with Gasteiger partial charge in [-0.25, -0.2) is 9.59 Å². The number of fused-ring (bicyclic) bond motifs is 1. The van der Waals surface area contributed by atoms with E-state index in [1.807, 2.05) is 18.2 Å². The highest BCUT2D eigenvalue weighted by Gasteiger charge is 2.36. The minimum Gasteiger partial charge on any atom is -0.408 e. The molecule has 1 aliphatic rings. The number of oxazole rings is 1. The van der Waals surface area contributed by atoms with Gasteiger partial charge in [-0.15, -0.1) is 0 Å². The van der Waals surface area contributed by atoms with Crippen LogP contribution < -0.4 is 5.76 Å². The van der Waals surface area contributed by atoms with E-state index in [0.717, 1.165) is 36.8 Å². The Hall–Kier alpha value is -2.13. The molecule has 0 aliphatic heterocycles. The number of hydrogen-bond donors (Lipinski definition) is 0. The van der Waals surface area contributed by atoms with Gasteiger partial charge >= 0.3 is 5.76 Å². The Morgan fingerprint density at radius 2 is 2.11 bits per heavy atom. The molecule has 0 bridgehead atoms. The van der Waals surface area contributed by atoms with Crippen LogP contribution in [-0.4, -0.2) is 10.6 Å².